The van der Waals surface area contributed by atoms with Gasteiger partial charge in [0.15, 0.2) is 0 Å². The molecule has 92 heavy (non-hydrogen) atoms. The Kier molecular flexibility index (Phi) is 42.7. The number of hydrogen-bond acceptors (Lipinski definition) is 13. The summed E-state index contributed by atoms with van der Waals surface area (Å²) in [4.78, 5) is 23.2. The minimum atomic E-state index is -2.42. The monoisotopic (exact) mass is 1320 g/mol. The normalized spacial score (nSPS) is 20.4. The van der Waals surface area contributed by atoms with Gasteiger partial charge in [0.05, 0.1) is 46.1 Å². The van der Waals surface area contributed by atoms with Gasteiger partial charge in [-0.05, 0) is 301 Å². The lowest BCUT2D eigenvalue weighted by atomic mass is 9.75. The maximum absolute atomic E-state index is 12.3. The van der Waals surface area contributed by atoms with Crippen LogP contribution in [0.15, 0.2) is 0 Å². The predicted molar refractivity (Wildman–Crippen MR) is 399 cm³/mol. The first kappa shape index (κ1) is 95.5. The highest BCUT2D eigenvalue weighted by atomic mass is 19.3. The summed E-state index contributed by atoms with van der Waals surface area (Å²) in [6.07, 6.45) is 5.07. The summed E-state index contributed by atoms with van der Waals surface area (Å²) in [7, 11) is 10.1. The number of likely N-dealkylation sites (tertiary alicyclic amines) is 5. The van der Waals surface area contributed by atoms with Crippen molar-refractivity contribution in [3.8, 4) is 0 Å². The molecule has 0 N–H and O–H groups in total. The van der Waals surface area contributed by atoms with Crippen LogP contribution in [-0.2, 0) is 14.2 Å². The highest BCUT2D eigenvalue weighted by Crippen LogP contribution is 2.41. The fourth-order valence-electron chi connectivity index (χ4n) is 9.77. The Hall–Kier alpha value is -0.730. The maximum atomic E-state index is 12.3. The standard InChI is InChI=1S/C9H17NO.C9H19N.C8H17NO.C8H19NO.C8H19N.C7H13F2N.C7H14FN.C7H15N.C7H17N.C6H15N/c1-8(2,3)10-4-9(5-10)6-11-7-9;1-9(2,3)10-7-5-4-6-8-10;1-8(2,3)9-4-6-10-7-5-9;1-8(2,3)9(4)6-7-10-5;1-6-9(7-2)8(3,4)5;1-6(2,3)10-4-7(8,9)5-10;1-7(2,3)9-4-6(8)5-9;1-7(2,3)8-5-4-6-8;1-6-8(5)7(2,3)4;1-6(2,3)7(4)5/h4-7H2,1-3H3;4-8H2,1-3H3;4-7H2,1-3H3;6-7H2,1-5H3;6-7H2,1-5H3;4-5H2,1-3H3;6H,4-5H2,1-3H3;4-6H2,1-3H3;6H2,1-5H3;1-5H3. The molecule has 0 atom stereocenters. The molecule has 0 unspecified atom stereocenters. The van der Waals surface area contributed by atoms with Gasteiger partial charge >= 0.3 is 0 Å². The lowest BCUT2D eigenvalue weighted by molar-refractivity contribution is -0.207. The smallest absolute Gasteiger partial charge is 0.272 e. The van der Waals surface area contributed by atoms with Gasteiger partial charge in [0.1, 0.15) is 6.17 Å². The van der Waals surface area contributed by atoms with E-state index in [9.17, 15) is 13.2 Å². The largest absolute Gasteiger partial charge is 0.383 e. The van der Waals surface area contributed by atoms with Crippen LogP contribution in [0.1, 0.15) is 254 Å². The molecule has 0 aromatic rings. The molecule has 7 heterocycles. The first-order valence-electron chi connectivity index (χ1n) is 36.1. The quantitative estimate of drug-likeness (QED) is 0.254. The van der Waals surface area contributed by atoms with Crippen LogP contribution in [0.3, 0.4) is 0 Å². The maximum Gasteiger partial charge on any atom is 0.272 e. The molecule has 0 radical (unpaired) electrons. The van der Waals surface area contributed by atoms with Gasteiger partial charge in [-0.2, -0.15) is 0 Å². The predicted octanol–water partition coefficient (Wildman–Crippen LogP) is 15.7. The summed E-state index contributed by atoms with van der Waals surface area (Å²) >= 11 is 0. The van der Waals surface area contributed by atoms with Crippen molar-refractivity contribution in [2.75, 3.05) is 173 Å². The van der Waals surface area contributed by atoms with E-state index in [1.807, 2.05) is 20.8 Å². The van der Waals surface area contributed by atoms with Crippen LogP contribution in [0.2, 0.25) is 0 Å². The second kappa shape index (κ2) is 41.1. The van der Waals surface area contributed by atoms with Gasteiger partial charge in [0.2, 0.25) is 0 Å². The molecule has 0 saturated carbocycles. The van der Waals surface area contributed by atoms with Crippen molar-refractivity contribution in [1.29, 1.82) is 0 Å². The Balaban J connectivity index is -0.000000959. The lowest BCUT2D eigenvalue weighted by Gasteiger charge is -2.59. The third-order valence-electron chi connectivity index (χ3n) is 18.9. The summed E-state index contributed by atoms with van der Waals surface area (Å²) in [6.45, 7) is 92.7. The molecular formula is C76H165F3N10O3. The summed E-state index contributed by atoms with van der Waals surface area (Å²) in [5.41, 5.74) is 3.46. The Morgan fingerprint density at radius 1 is 0.402 bits per heavy atom. The number of likely N-dealkylation sites (N-methyl/N-ethyl adjacent to an activating group) is 1. The van der Waals surface area contributed by atoms with Crippen molar-refractivity contribution in [3.05, 3.63) is 0 Å². The van der Waals surface area contributed by atoms with Gasteiger partial charge in [-0.1, -0.05) is 27.2 Å². The van der Waals surface area contributed by atoms with Crippen molar-refractivity contribution in [2.24, 2.45) is 5.41 Å². The van der Waals surface area contributed by atoms with Crippen molar-refractivity contribution >= 4 is 0 Å². The second-order valence-electron chi connectivity index (χ2n) is 37.3. The number of piperidine rings is 1. The Morgan fingerprint density at radius 3 is 0.880 bits per heavy atom. The zero-order chi connectivity index (χ0) is 73.1. The van der Waals surface area contributed by atoms with Gasteiger partial charge in [-0.3, -0.25) is 39.2 Å². The SMILES string of the molecule is CC(C)(C)N1CC(F)(F)C1.CC(C)(C)N1CC(F)C1.CC(C)(C)N1CC2(COC2)C1.CC(C)(C)N1CCC1.CC(C)(C)N1CCCCC1.CC(C)(C)N1CCOCC1.CCN(C)C(C)(C)C.CCN(CC)C(C)(C)C.CN(C)C(C)(C)C.COCCN(C)C(C)(C)C. The third kappa shape index (κ3) is 42.9. The topological polar surface area (TPSA) is 60.1 Å². The van der Waals surface area contributed by atoms with Crippen LogP contribution in [0, 0.1) is 5.41 Å². The number of hydrogen-bond donors (Lipinski definition) is 0. The van der Waals surface area contributed by atoms with Crippen molar-refractivity contribution < 1.29 is 27.4 Å². The average molecular weight is 1320 g/mol. The molecule has 0 aromatic heterocycles. The number of nitrogens with zero attached hydrogens (tertiary/aromatic N) is 10. The van der Waals surface area contributed by atoms with Crippen LogP contribution < -0.4 is 0 Å². The lowest BCUT2D eigenvalue weighted by Crippen LogP contribution is -2.69. The molecule has 7 rings (SSSR count). The Bertz CT molecular complexity index is 1770. The molecule has 0 aliphatic carbocycles. The number of alkyl halides is 3. The van der Waals surface area contributed by atoms with Gasteiger partial charge in [-0.25, -0.2) is 13.2 Å². The molecule has 7 saturated heterocycles. The van der Waals surface area contributed by atoms with Gasteiger partial charge in [-0.15, -0.1) is 0 Å². The molecule has 7 aliphatic heterocycles. The van der Waals surface area contributed by atoms with E-state index in [0.717, 1.165) is 72.3 Å². The van der Waals surface area contributed by atoms with E-state index in [4.69, 9.17) is 14.2 Å². The summed E-state index contributed by atoms with van der Waals surface area (Å²) in [5.74, 6) is -2.42. The highest BCUT2D eigenvalue weighted by Gasteiger charge is 2.51. The number of ether oxygens (including phenoxy) is 3. The zero-order valence-corrected chi connectivity index (χ0v) is 69.1. The number of morpholine rings is 1. The fourth-order valence-corrected chi connectivity index (χ4v) is 9.77. The molecule has 13 nitrogen and oxygen atoms in total. The number of halogens is 3. The molecule has 7 aliphatic rings. The van der Waals surface area contributed by atoms with E-state index in [2.05, 4.69) is 280 Å². The molecule has 1 spiro atoms. The molecule has 0 amide bonds. The fraction of sp³-hybridized carbons (Fsp3) is 1.00. The molecular weight excluding hydrogens is 1160 g/mol. The molecule has 16 heteroatoms. The summed E-state index contributed by atoms with van der Waals surface area (Å²) in [6, 6.07) is 0. The first-order valence-corrected chi connectivity index (χ1v) is 36.1. The molecule has 0 aromatic carbocycles. The van der Waals surface area contributed by atoms with Crippen LogP contribution in [0.5, 0.6) is 0 Å². The Morgan fingerprint density at radius 2 is 0.728 bits per heavy atom. The van der Waals surface area contributed by atoms with Crippen LogP contribution in [0.25, 0.3) is 0 Å². The first-order chi connectivity index (χ1) is 41.1. The minimum Gasteiger partial charge on any atom is -0.383 e. The van der Waals surface area contributed by atoms with E-state index in [1.165, 1.54) is 65.0 Å². The summed E-state index contributed by atoms with van der Waals surface area (Å²) in [5, 5.41) is 0. The van der Waals surface area contributed by atoms with Crippen molar-refractivity contribution in [1.82, 2.24) is 49.0 Å². The zero-order valence-electron chi connectivity index (χ0n) is 69.1. The van der Waals surface area contributed by atoms with E-state index in [0.29, 0.717) is 57.3 Å². The minimum absolute atomic E-state index is 0.0729. The van der Waals surface area contributed by atoms with Crippen molar-refractivity contribution in [2.45, 2.75) is 322 Å². The Labute approximate surface area is 574 Å². The van der Waals surface area contributed by atoms with Gasteiger partial charge in [0.25, 0.3) is 5.92 Å². The van der Waals surface area contributed by atoms with E-state index in [-0.39, 0.29) is 29.7 Å². The second-order valence-corrected chi connectivity index (χ2v) is 37.3. The van der Waals surface area contributed by atoms with Crippen LogP contribution in [-0.4, -0.2) is 290 Å². The van der Waals surface area contributed by atoms with Crippen LogP contribution in [0.4, 0.5) is 13.2 Å². The average Bonchev–Trinajstić information content (AvgIpc) is 0.753. The van der Waals surface area contributed by atoms with E-state index >= 15 is 0 Å². The molecule has 7 fully saturated rings. The summed E-state index contributed by atoms with van der Waals surface area (Å²) < 4.78 is 52.2. The highest BCUT2D eigenvalue weighted by molar-refractivity contribution is 5.03. The molecule has 558 valence electrons. The van der Waals surface area contributed by atoms with Gasteiger partial charge in [0, 0.05) is 114 Å². The van der Waals surface area contributed by atoms with Gasteiger partial charge < -0.3 is 24.0 Å². The number of rotatable bonds is 6. The van der Waals surface area contributed by atoms with E-state index < -0.39 is 12.1 Å². The third-order valence-corrected chi connectivity index (χ3v) is 18.9. The van der Waals surface area contributed by atoms with Crippen LogP contribution >= 0.6 is 0 Å². The number of methoxy groups -OCH3 is 1. The molecule has 0 bridgehead atoms. The van der Waals surface area contributed by atoms with Crippen molar-refractivity contribution in [3.63, 3.8) is 0 Å². The van der Waals surface area contributed by atoms with E-state index in [1.54, 1.807) is 12.0 Å².